The molecule has 0 amide bonds. The first-order valence-electron chi connectivity index (χ1n) is 19.5. The van der Waals surface area contributed by atoms with Crippen LogP contribution in [-0.2, 0) is 83.7 Å². The number of aliphatic hydroxyl groups is 4. The number of carbonyl (C=O) groups is 6. The number of ether oxygens (including phenoxy) is 2. The maximum absolute atomic E-state index is 11.6. The highest BCUT2D eigenvalue weighted by Crippen LogP contribution is 2.50. The number of halogens is 5. The van der Waals surface area contributed by atoms with Crippen molar-refractivity contribution in [1.82, 2.24) is 0 Å². The lowest BCUT2D eigenvalue weighted by Gasteiger charge is -2.12. The highest BCUT2D eigenvalue weighted by Gasteiger charge is 2.30. The van der Waals surface area contributed by atoms with E-state index in [4.69, 9.17) is 91.1 Å². The van der Waals surface area contributed by atoms with Crippen molar-refractivity contribution < 1.29 is 109 Å². The van der Waals surface area contributed by atoms with E-state index >= 15 is 0 Å². The summed E-state index contributed by atoms with van der Waals surface area (Å²) in [6, 6.07) is 0. The van der Waals surface area contributed by atoms with Gasteiger partial charge in [-0.3, -0.25) is 47.0 Å². The molecule has 0 aliphatic carbocycles. The topological polar surface area (TPSA) is 361 Å². The van der Waals surface area contributed by atoms with Crippen LogP contribution >= 0.6 is 106 Å². The second-order valence-electron chi connectivity index (χ2n) is 13.9. The standard InChI is InChI=1S/C8H17O6P.C6H12ClO4P.C6H13O5P.C4H7Cl2O2P.2C4H7O3P.CH3Cl2P/c1-15(12,14-6-4-10)7-2-8(11)13-5-3-9;1-12(7,10)5-2-6(9)11-4-3-8;1-12(10,11-4-3-7)5-2-6(8)9;1-9(6,8)3-2-4(5)7;2*1-8(6)3-2-4(5)7-8;1-4(2)3/h9-10H,2-7H2,1H3;8H,2-5H2,1H3;7H,2-5H2,1H3,(H,8,9);2-3H2,1H3;2*2-3H2,1H3;1H3. The predicted octanol–water partition coefficient (Wildman–Crippen LogP) is 7.64. The van der Waals surface area contributed by atoms with Gasteiger partial charge in [-0.15, -0.1) is 0 Å². The number of carboxylic acid groups (broad SMARTS) is 1. The normalized spacial score (nSPS) is 20.2. The minimum absolute atomic E-state index is 0.000530. The minimum atomic E-state index is -2.82. The summed E-state index contributed by atoms with van der Waals surface area (Å²) in [5.41, 5.74) is 0. The van der Waals surface area contributed by atoms with Crippen molar-refractivity contribution in [2.24, 2.45) is 0 Å². The second kappa shape index (κ2) is 42.4. The van der Waals surface area contributed by atoms with E-state index in [1.165, 1.54) is 40.0 Å². The fourth-order valence-electron chi connectivity index (χ4n) is 3.43. The number of rotatable bonds is 22. The van der Waals surface area contributed by atoms with Gasteiger partial charge in [-0.05, 0) is 18.3 Å². The van der Waals surface area contributed by atoms with Crippen molar-refractivity contribution in [2.75, 3.05) is 136 Å². The molecule has 6 unspecified atom stereocenters. The van der Waals surface area contributed by atoms with Crippen LogP contribution in [0.25, 0.3) is 0 Å². The quantitative estimate of drug-likeness (QED) is 0.0395. The Morgan fingerprint density at radius 2 is 0.912 bits per heavy atom. The van der Waals surface area contributed by atoms with Crippen molar-refractivity contribution in [1.29, 1.82) is 0 Å². The lowest BCUT2D eigenvalue weighted by molar-refractivity contribution is -0.145. The Morgan fingerprint density at radius 3 is 1.12 bits per heavy atom. The van der Waals surface area contributed by atoms with Gasteiger partial charge < -0.3 is 62.2 Å². The average molecular weight is 1220 g/mol. The van der Waals surface area contributed by atoms with Crippen LogP contribution in [0.3, 0.4) is 0 Å². The Bertz CT molecular complexity index is 1740. The summed E-state index contributed by atoms with van der Waals surface area (Å²) < 4.78 is 93.7. The number of esters is 2. The van der Waals surface area contributed by atoms with Gasteiger partial charge in [0, 0.05) is 83.4 Å². The Kier molecular flexibility index (Phi) is 48.0. The molecule has 5 N–H and O–H groups in total. The molecular weight excluding hydrogens is 1160 g/mol. The molecule has 68 heavy (non-hydrogen) atoms. The molecule has 2 rings (SSSR count). The second-order valence-corrected chi connectivity index (χ2v) is 38.6. The summed E-state index contributed by atoms with van der Waals surface area (Å²) in [7, 11) is -10.5. The lowest BCUT2D eigenvalue weighted by atomic mass is 10.5. The van der Waals surface area contributed by atoms with E-state index in [0.29, 0.717) is 25.2 Å². The molecule has 23 nitrogen and oxygen atoms in total. The number of hydrogen-bond acceptors (Lipinski definition) is 22. The first-order valence-corrected chi connectivity index (χ1v) is 39.0. The zero-order chi connectivity index (χ0) is 54.4. The van der Waals surface area contributed by atoms with Crippen LogP contribution in [0.5, 0.6) is 0 Å². The van der Waals surface area contributed by atoms with Gasteiger partial charge in [0.2, 0.25) is 34.7 Å². The SMILES string of the molecule is CP(=O)(CCC(=O)O)OCCO.CP(=O)(CCC(=O)OCCO)OCCO.CP(=O)(Cl)CCC(=O)Cl.CP(=O)(Cl)CCC(=O)OCCO.CP(Cl)Cl.CP1(=O)CCC(=O)O1.CP1(=O)CCC(=O)O1. The molecule has 0 aromatic heterocycles. The Balaban J connectivity index is -0.000000232. The van der Waals surface area contributed by atoms with Crippen LogP contribution in [-0.4, -0.2) is 197 Å². The Hall–Kier alpha value is 0.0400. The monoisotopic (exact) mass is 1220 g/mol. The number of aliphatic hydroxyl groups excluding tert-OH is 4. The number of aliphatic carboxylic acids is 1. The summed E-state index contributed by atoms with van der Waals surface area (Å²) in [6.45, 7) is 3.53. The van der Waals surface area contributed by atoms with Crippen LogP contribution in [0.1, 0.15) is 38.5 Å². The van der Waals surface area contributed by atoms with Gasteiger partial charge in [0.05, 0.1) is 78.4 Å². The predicted molar refractivity (Wildman–Crippen MR) is 267 cm³/mol. The Labute approximate surface area is 422 Å². The average Bonchev–Trinajstić information content (AvgIpc) is 3.70. The van der Waals surface area contributed by atoms with Gasteiger partial charge in [-0.25, -0.2) is 0 Å². The van der Waals surface area contributed by atoms with E-state index in [9.17, 15) is 56.2 Å². The Morgan fingerprint density at radius 1 is 0.618 bits per heavy atom. The molecule has 0 aromatic carbocycles. The van der Waals surface area contributed by atoms with E-state index < -0.39 is 72.2 Å². The van der Waals surface area contributed by atoms with E-state index in [2.05, 4.69) is 18.5 Å². The minimum Gasteiger partial charge on any atom is -0.481 e. The van der Waals surface area contributed by atoms with Gasteiger partial charge in [0.25, 0.3) is 0 Å². The molecule has 0 aromatic rings. The smallest absolute Gasteiger partial charge is 0.311 e. The van der Waals surface area contributed by atoms with Crippen LogP contribution < -0.4 is 0 Å². The molecule has 2 fully saturated rings. The molecule has 2 heterocycles. The molecule has 6 atom stereocenters. The molecular formula is C33H66Cl5O23P7. The van der Waals surface area contributed by atoms with Gasteiger partial charge in [-0.2, -0.15) is 0 Å². The van der Waals surface area contributed by atoms with Crippen LogP contribution in [0, 0.1) is 0 Å². The summed E-state index contributed by atoms with van der Waals surface area (Å²) >= 11 is 25.9. The zero-order valence-corrected chi connectivity index (χ0v) is 48.8. The molecule has 0 saturated carbocycles. The van der Waals surface area contributed by atoms with Crippen LogP contribution in [0.2, 0.25) is 0 Å². The lowest BCUT2D eigenvalue weighted by Crippen LogP contribution is -2.10. The van der Waals surface area contributed by atoms with Crippen LogP contribution in [0.4, 0.5) is 0 Å². The summed E-state index contributed by atoms with van der Waals surface area (Å²) in [5, 5.41) is 41.3. The highest BCUT2D eigenvalue weighted by atomic mass is 35.9. The molecule has 2 aliphatic rings. The summed E-state index contributed by atoms with van der Waals surface area (Å²) in [4.78, 5) is 62.4. The fourth-order valence-corrected chi connectivity index (χ4v) is 10.1. The maximum Gasteiger partial charge on any atom is 0.311 e. The van der Waals surface area contributed by atoms with Crippen molar-refractivity contribution in [3.05, 3.63) is 0 Å². The zero-order valence-electron chi connectivity index (χ0n) is 38.7. The first kappa shape index (κ1) is 76.9. The molecule has 35 heteroatoms. The van der Waals surface area contributed by atoms with E-state index in [1.807, 2.05) is 0 Å². The third-order valence-electron chi connectivity index (χ3n) is 6.53. The van der Waals surface area contributed by atoms with E-state index in [-0.39, 0.29) is 115 Å². The fraction of sp³-hybridized carbons (Fsp3) is 0.818. The summed E-state index contributed by atoms with van der Waals surface area (Å²) in [5.74, 6) is -2.64. The van der Waals surface area contributed by atoms with Crippen molar-refractivity contribution >= 4 is 141 Å². The van der Waals surface area contributed by atoms with Gasteiger partial charge in [-0.1, -0.05) is 45.0 Å². The third kappa shape index (κ3) is 68.1. The van der Waals surface area contributed by atoms with Gasteiger partial charge in [0.1, 0.15) is 13.2 Å². The first-order chi connectivity index (χ1) is 30.8. The van der Waals surface area contributed by atoms with Gasteiger partial charge in [0.15, 0.2) is 13.0 Å². The molecule has 0 radical (unpaired) electrons. The molecule has 2 saturated heterocycles. The van der Waals surface area contributed by atoms with E-state index in [0.717, 1.165) is 0 Å². The molecule has 0 bridgehead atoms. The maximum atomic E-state index is 11.6. The highest BCUT2D eigenvalue weighted by molar-refractivity contribution is 8.03. The van der Waals surface area contributed by atoms with Crippen LogP contribution in [0.15, 0.2) is 0 Å². The summed E-state index contributed by atoms with van der Waals surface area (Å²) in [6.07, 6.45) is 1.88. The van der Waals surface area contributed by atoms with Crippen molar-refractivity contribution in [2.45, 2.75) is 38.5 Å². The van der Waals surface area contributed by atoms with Crippen molar-refractivity contribution in [3.63, 3.8) is 0 Å². The van der Waals surface area contributed by atoms with E-state index in [1.54, 1.807) is 6.66 Å². The molecule has 406 valence electrons. The molecule has 2 aliphatic heterocycles. The number of carbonyl (C=O) groups excluding carboxylic acids is 5. The largest absolute Gasteiger partial charge is 0.481 e. The van der Waals surface area contributed by atoms with Crippen molar-refractivity contribution in [3.8, 4) is 0 Å². The number of carboxylic acids is 1. The number of hydrogen-bond donors (Lipinski definition) is 5. The molecule has 0 spiro atoms. The third-order valence-corrected chi connectivity index (χ3v) is 16.6. The van der Waals surface area contributed by atoms with Gasteiger partial charge >= 0.3 is 29.8 Å².